The predicted molar refractivity (Wildman–Crippen MR) is 109 cm³/mol. The first-order valence-electron chi connectivity index (χ1n) is 5.94. The minimum atomic E-state index is -4.01. The van der Waals surface area contributed by atoms with E-state index in [0.29, 0.717) is 9.13 Å². The Balaban J connectivity index is 2.53. The molecule has 0 aliphatic carbocycles. The van der Waals surface area contributed by atoms with Crippen LogP contribution in [-0.2, 0) is 10.0 Å². The van der Waals surface area contributed by atoms with Gasteiger partial charge in [0.2, 0.25) is 0 Å². The Morgan fingerprint density at radius 1 is 1.14 bits per heavy atom. The molecule has 2 rings (SSSR count). The third kappa shape index (κ3) is 4.32. The van der Waals surface area contributed by atoms with E-state index < -0.39 is 15.9 Å². The van der Waals surface area contributed by atoms with E-state index in [-0.39, 0.29) is 4.90 Å². The van der Waals surface area contributed by atoms with E-state index in [1.165, 1.54) is 12.1 Å². The van der Waals surface area contributed by atoms with Crippen LogP contribution in [-0.4, -0.2) is 14.3 Å². The lowest BCUT2D eigenvalue weighted by molar-refractivity contribution is -0.212. The first-order valence-corrected chi connectivity index (χ1v) is 10.6. The molecular weight excluding hydrogens is 643 g/mol. The van der Waals surface area contributed by atoms with Gasteiger partial charge in [0.15, 0.2) is 0 Å². The van der Waals surface area contributed by atoms with Crippen molar-refractivity contribution in [1.82, 2.24) is 0 Å². The first kappa shape index (κ1) is 18.4. The lowest BCUT2D eigenvalue weighted by Crippen LogP contribution is -2.22. The van der Waals surface area contributed by atoms with E-state index in [4.69, 9.17) is 0 Å². The van der Waals surface area contributed by atoms with Crippen molar-refractivity contribution >= 4 is 83.7 Å². The van der Waals surface area contributed by atoms with Crippen LogP contribution in [0.1, 0.15) is 11.1 Å². The maximum absolute atomic E-state index is 12.3. The van der Waals surface area contributed by atoms with Gasteiger partial charge in [-0.1, -0.05) is 12.1 Å². The van der Waals surface area contributed by atoms with E-state index in [1.807, 2.05) is 28.7 Å². The molecule has 0 amide bonds. The highest BCUT2D eigenvalue weighted by Gasteiger charge is 2.14. The van der Waals surface area contributed by atoms with E-state index >= 15 is 0 Å². The Kier molecular flexibility index (Phi) is 6.10. The molecule has 0 N–H and O–H groups in total. The minimum Gasteiger partial charge on any atom is -0.858 e. The normalized spacial score (nSPS) is 12.5. The van der Waals surface area contributed by atoms with E-state index in [9.17, 15) is 13.5 Å². The Bertz CT molecular complexity index is 864. The summed E-state index contributed by atoms with van der Waals surface area (Å²) < 4.78 is 30.4. The zero-order valence-corrected chi connectivity index (χ0v) is 18.5. The van der Waals surface area contributed by atoms with Gasteiger partial charge in [-0.25, -0.2) is 0 Å². The molecule has 0 aliphatic rings. The molecule has 0 heterocycles. The summed E-state index contributed by atoms with van der Waals surface area (Å²) in [4.78, 5) is 0.0242. The number of hydrogen-bond donors (Lipinski definition) is 0. The molecule has 0 aromatic heterocycles. The fourth-order valence-corrected chi connectivity index (χ4v) is 5.09. The molecule has 0 fully saturated rings. The monoisotopic (exact) mass is 652 g/mol. The van der Waals surface area contributed by atoms with Crippen molar-refractivity contribution in [2.45, 2.75) is 11.8 Å². The molecule has 0 aliphatic heterocycles. The summed E-state index contributed by atoms with van der Waals surface area (Å²) in [6, 6.07) is 9.89. The van der Waals surface area contributed by atoms with Crippen molar-refractivity contribution in [1.29, 1.82) is 0 Å². The number of hydrogen-bond acceptors (Lipinski definition) is 3. The van der Waals surface area contributed by atoms with Crippen molar-refractivity contribution in [3.63, 3.8) is 0 Å². The van der Waals surface area contributed by atoms with Crippen molar-refractivity contribution in [3.05, 3.63) is 58.2 Å². The molecule has 0 bridgehead atoms. The van der Waals surface area contributed by atoms with Crippen molar-refractivity contribution in [3.8, 4) is 0 Å². The van der Waals surface area contributed by atoms with Gasteiger partial charge in [-0.2, -0.15) is 12.8 Å². The first-order chi connectivity index (χ1) is 10.2. The second kappa shape index (κ2) is 7.30. The van der Waals surface area contributed by atoms with Crippen LogP contribution in [0.15, 0.2) is 45.7 Å². The van der Waals surface area contributed by atoms with Gasteiger partial charge in [0, 0.05) is 22.2 Å². The van der Waals surface area contributed by atoms with Crippen LogP contribution >= 0.6 is 67.8 Å². The number of rotatable bonds is 3. The Hall–Kier alpha value is 0.0500. The van der Waals surface area contributed by atoms with Crippen LogP contribution in [0.3, 0.4) is 0 Å². The summed E-state index contributed by atoms with van der Waals surface area (Å²) in [5.41, 5.74) is 1.09. The van der Waals surface area contributed by atoms with Crippen molar-refractivity contribution in [2.75, 3.05) is 0 Å². The molecule has 0 spiro atoms. The third-order valence-corrected chi connectivity index (χ3v) is 7.64. The van der Waals surface area contributed by atoms with Crippen LogP contribution in [0.5, 0.6) is 0 Å². The average molecular weight is 652 g/mol. The standard InChI is InChI=1S/C14H10I3NO3S/c1-8-3-2-4-10(5-8)22(20,21)18-14(19)11-6-9(15)7-12(16)13(11)17/h2-7H,1H3,(H,18,19)/p-1. The summed E-state index contributed by atoms with van der Waals surface area (Å²) in [6.45, 7) is 1.78. The smallest absolute Gasteiger partial charge is 0.281 e. The third-order valence-electron chi connectivity index (χ3n) is 2.71. The molecule has 0 saturated heterocycles. The van der Waals surface area contributed by atoms with Gasteiger partial charge in [-0.15, -0.1) is 0 Å². The fourth-order valence-electron chi connectivity index (χ4n) is 1.70. The topological polar surface area (TPSA) is 69.6 Å². The summed E-state index contributed by atoms with van der Waals surface area (Å²) in [5, 5.41) is 12.3. The highest BCUT2D eigenvalue weighted by Crippen LogP contribution is 2.23. The molecule has 4 nitrogen and oxygen atoms in total. The van der Waals surface area contributed by atoms with Crippen LogP contribution in [0.25, 0.3) is 0 Å². The lowest BCUT2D eigenvalue weighted by atomic mass is 10.2. The highest BCUT2D eigenvalue weighted by molar-refractivity contribution is 14.1. The van der Waals surface area contributed by atoms with E-state index in [0.717, 1.165) is 12.7 Å². The number of aryl methyl sites for hydroxylation is 1. The molecule has 0 saturated carbocycles. The van der Waals surface area contributed by atoms with Crippen molar-refractivity contribution < 1.29 is 13.5 Å². The number of halogens is 3. The largest absolute Gasteiger partial charge is 0.858 e. The van der Waals surface area contributed by atoms with Gasteiger partial charge in [-0.05, 0) is 105 Å². The Morgan fingerprint density at radius 2 is 1.82 bits per heavy atom. The fraction of sp³-hybridized carbons (Fsp3) is 0.0714. The Morgan fingerprint density at radius 3 is 2.45 bits per heavy atom. The lowest BCUT2D eigenvalue weighted by Gasteiger charge is -2.14. The second-order valence-corrected chi connectivity index (χ2v) is 9.53. The maximum atomic E-state index is 12.3. The molecule has 2 aromatic rings. The second-order valence-electron chi connectivity index (χ2n) is 4.44. The number of nitrogens with zero attached hydrogens (tertiary/aromatic N) is 1. The van der Waals surface area contributed by atoms with Crippen molar-refractivity contribution in [2.24, 2.45) is 4.40 Å². The quantitative estimate of drug-likeness (QED) is 0.222. The molecule has 2 aromatic carbocycles. The molecule has 116 valence electrons. The predicted octanol–water partition coefficient (Wildman–Crippen LogP) is 3.30. The summed E-state index contributed by atoms with van der Waals surface area (Å²) in [6.07, 6.45) is 0. The summed E-state index contributed by atoms with van der Waals surface area (Å²) in [7, 11) is -4.01. The van der Waals surface area contributed by atoms with Gasteiger partial charge in [0.25, 0.3) is 10.0 Å². The summed E-state index contributed by atoms with van der Waals surface area (Å²) >= 11 is 6.21. The minimum absolute atomic E-state index is 0.0242. The van der Waals surface area contributed by atoms with Crippen LogP contribution in [0, 0.1) is 17.6 Å². The molecular formula is C14H9I3NO3S-. The van der Waals surface area contributed by atoms with Gasteiger partial charge in [0.1, 0.15) is 0 Å². The van der Waals surface area contributed by atoms with Gasteiger partial charge < -0.3 is 5.11 Å². The van der Waals surface area contributed by atoms with Crippen LogP contribution in [0.4, 0.5) is 0 Å². The van der Waals surface area contributed by atoms with Crippen LogP contribution in [0.2, 0.25) is 0 Å². The maximum Gasteiger partial charge on any atom is 0.281 e. The summed E-state index contributed by atoms with van der Waals surface area (Å²) in [5.74, 6) is -0.748. The van der Waals surface area contributed by atoms with Gasteiger partial charge in [0.05, 0.1) is 4.90 Å². The molecule has 0 radical (unpaired) electrons. The average Bonchev–Trinajstić information content (AvgIpc) is 2.42. The van der Waals surface area contributed by atoms with Crippen LogP contribution < -0.4 is 5.11 Å². The molecule has 22 heavy (non-hydrogen) atoms. The number of sulfonamides is 1. The zero-order chi connectivity index (χ0) is 16.5. The molecule has 8 heteroatoms. The van der Waals surface area contributed by atoms with Gasteiger partial charge >= 0.3 is 0 Å². The van der Waals surface area contributed by atoms with E-state index in [2.05, 4.69) is 49.6 Å². The Labute approximate surface area is 169 Å². The van der Waals surface area contributed by atoms with E-state index in [1.54, 1.807) is 25.1 Å². The molecule has 0 atom stereocenters. The van der Waals surface area contributed by atoms with Gasteiger partial charge in [-0.3, -0.25) is 0 Å². The number of benzene rings is 2. The SMILES string of the molecule is Cc1cccc(S(=O)(=O)/N=C(\[O-])c2cc(I)cc(I)c2I)c1. The molecule has 0 unspecified atom stereocenters. The highest BCUT2D eigenvalue weighted by atomic mass is 127. The zero-order valence-electron chi connectivity index (χ0n) is 11.2.